The summed E-state index contributed by atoms with van der Waals surface area (Å²) < 4.78 is 6.75. The van der Waals surface area contributed by atoms with Crippen LogP contribution >= 0.6 is 11.3 Å². The molecule has 0 radical (unpaired) electrons. The maximum Gasteiger partial charge on any atom is 0.420 e. The minimum absolute atomic E-state index is 0.334. The number of benzene rings is 1. The molecule has 0 aliphatic heterocycles. The number of nitrogens with zero attached hydrogens (tertiary/aromatic N) is 1. The standard InChI is InChI=1S/C14H13N3O3S/c1-8-9(6-12(21-8)13(18)16-15)7-17-10-4-2-3-5-11(10)20-14(17)19/h2-6H,7,15H2,1H3,(H,16,18). The first kappa shape index (κ1) is 13.6. The van der Waals surface area contributed by atoms with Gasteiger partial charge in [-0.05, 0) is 30.7 Å². The van der Waals surface area contributed by atoms with Crippen LogP contribution in [0.5, 0.6) is 0 Å². The molecule has 0 atom stereocenters. The summed E-state index contributed by atoms with van der Waals surface area (Å²) in [6, 6.07) is 8.99. The lowest BCUT2D eigenvalue weighted by Crippen LogP contribution is -2.29. The van der Waals surface area contributed by atoms with Crippen LogP contribution in [0.4, 0.5) is 0 Å². The van der Waals surface area contributed by atoms with Gasteiger partial charge in [-0.25, -0.2) is 10.6 Å². The van der Waals surface area contributed by atoms with Gasteiger partial charge in [-0.2, -0.15) is 0 Å². The number of oxazole rings is 1. The SMILES string of the molecule is Cc1sc(C(=O)NN)cc1Cn1c(=O)oc2ccccc21. The van der Waals surface area contributed by atoms with Crippen molar-refractivity contribution in [2.75, 3.05) is 0 Å². The molecule has 1 amide bonds. The Hall–Kier alpha value is -2.38. The van der Waals surface area contributed by atoms with E-state index in [4.69, 9.17) is 10.3 Å². The van der Waals surface area contributed by atoms with Crippen LogP contribution in [0, 0.1) is 6.92 Å². The highest BCUT2D eigenvalue weighted by Gasteiger charge is 2.14. The molecule has 3 N–H and O–H groups in total. The Morgan fingerprint density at radius 3 is 2.95 bits per heavy atom. The molecular weight excluding hydrogens is 290 g/mol. The topological polar surface area (TPSA) is 90.3 Å². The lowest BCUT2D eigenvalue weighted by molar-refractivity contribution is 0.0957. The van der Waals surface area contributed by atoms with Crippen molar-refractivity contribution in [3.63, 3.8) is 0 Å². The lowest BCUT2D eigenvalue weighted by Gasteiger charge is -2.01. The van der Waals surface area contributed by atoms with Crippen LogP contribution in [0.1, 0.15) is 20.1 Å². The third-order valence-electron chi connectivity index (χ3n) is 3.28. The zero-order valence-electron chi connectivity index (χ0n) is 11.3. The van der Waals surface area contributed by atoms with E-state index in [1.54, 1.807) is 16.7 Å². The lowest BCUT2D eigenvalue weighted by atomic mass is 10.2. The normalized spacial score (nSPS) is 11.0. The monoisotopic (exact) mass is 303 g/mol. The number of fused-ring (bicyclic) bond motifs is 1. The number of rotatable bonds is 3. The number of aromatic nitrogens is 1. The van der Waals surface area contributed by atoms with Crippen LogP contribution in [0.3, 0.4) is 0 Å². The van der Waals surface area contributed by atoms with Crippen LogP contribution < -0.4 is 17.0 Å². The van der Waals surface area contributed by atoms with Crippen LogP contribution in [-0.4, -0.2) is 10.5 Å². The summed E-state index contributed by atoms with van der Waals surface area (Å²) in [5.41, 5.74) is 4.29. The van der Waals surface area contributed by atoms with E-state index in [1.807, 2.05) is 25.1 Å². The van der Waals surface area contributed by atoms with Gasteiger partial charge in [-0.3, -0.25) is 14.8 Å². The molecule has 1 aromatic carbocycles. The summed E-state index contributed by atoms with van der Waals surface area (Å²) in [6.45, 7) is 2.26. The van der Waals surface area contributed by atoms with Crippen molar-refractivity contribution in [1.29, 1.82) is 0 Å². The van der Waals surface area contributed by atoms with Crippen molar-refractivity contribution < 1.29 is 9.21 Å². The van der Waals surface area contributed by atoms with E-state index < -0.39 is 5.76 Å². The molecule has 0 unspecified atom stereocenters. The van der Waals surface area contributed by atoms with E-state index in [2.05, 4.69) is 5.43 Å². The first-order valence-corrected chi connectivity index (χ1v) is 7.10. The largest absolute Gasteiger partial charge is 0.420 e. The number of carbonyl (C=O) groups excluding carboxylic acids is 1. The van der Waals surface area contributed by atoms with Gasteiger partial charge in [0.05, 0.1) is 16.9 Å². The van der Waals surface area contributed by atoms with Crippen molar-refractivity contribution in [2.24, 2.45) is 5.84 Å². The van der Waals surface area contributed by atoms with Crippen molar-refractivity contribution in [3.8, 4) is 0 Å². The van der Waals surface area contributed by atoms with Crippen molar-refractivity contribution in [3.05, 3.63) is 56.2 Å². The summed E-state index contributed by atoms with van der Waals surface area (Å²) in [7, 11) is 0. The highest BCUT2D eigenvalue weighted by molar-refractivity contribution is 7.14. The number of nitrogens with two attached hydrogens (primary N) is 1. The minimum atomic E-state index is -0.411. The van der Waals surface area contributed by atoms with Gasteiger partial charge >= 0.3 is 5.76 Å². The molecule has 3 rings (SSSR count). The Balaban J connectivity index is 2.03. The van der Waals surface area contributed by atoms with Crippen LogP contribution in [0.15, 0.2) is 39.5 Å². The quantitative estimate of drug-likeness (QED) is 0.437. The molecule has 0 aliphatic carbocycles. The van der Waals surface area contributed by atoms with E-state index in [0.29, 0.717) is 17.0 Å². The van der Waals surface area contributed by atoms with Gasteiger partial charge in [0.1, 0.15) is 0 Å². The maximum absolute atomic E-state index is 12.0. The smallest absolute Gasteiger partial charge is 0.408 e. The molecule has 0 saturated carbocycles. The van der Waals surface area contributed by atoms with Gasteiger partial charge in [0.25, 0.3) is 5.91 Å². The van der Waals surface area contributed by atoms with E-state index in [1.165, 1.54) is 11.3 Å². The minimum Gasteiger partial charge on any atom is -0.408 e. The van der Waals surface area contributed by atoms with Gasteiger partial charge in [-0.1, -0.05) is 12.1 Å². The average molecular weight is 303 g/mol. The number of hydrogen-bond donors (Lipinski definition) is 2. The Morgan fingerprint density at radius 2 is 2.19 bits per heavy atom. The maximum atomic E-state index is 12.0. The summed E-state index contributed by atoms with van der Waals surface area (Å²) in [6.07, 6.45) is 0. The zero-order valence-corrected chi connectivity index (χ0v) is 12.1. The molecule has 2 heterocycles. The van der Waals surface area contributed by atoms with Gasteiger partial charge in [0, 0.05) is 4.88 Å². The van der Waals surface area contributed by atoms with Gasteiger partial charge in [0.15, 0.2) is 5.58 Å². The van der Waals surface area contributed by atoms with Crippen LogP contribution in [-0.2, 0) is 6.54 Å². The summed E-state index contributed by atoms with van der Waals surface area (Å²) in [5.74, 6) is 4.39. The van der Waals surface area contributed by atoms with E-state index in [9.17, 15) is 9.59 Å². The summed E-state index contributed by atoms with van der Waals surface area (Å²) >= 11 is 1.34. The molecule has 0 aliphatic rings. The number of aryl methyl sites for hydroxylation is 1. The van der Waals surface area contributed by atoms with Crippen molar-refractivity contribution >= 4 is 28.3 Å². The van der Waals surface area contributed by atoms with E-state index in [0.717, 1.165) is 16.0 Å². The Kier molecular flexibility index (Phi) is 3.36. The molecule has 0 spiro atoms. The molecule has 0 fully saturated rings. The number of nitrogens with one attached hydrogen (secondary N) is 1. The fourth-order valence-corrected chi connectivity index (χ4v) is 3.13. The van der Waals surface area contributed by atoms with E-state index in [-0.39, 0.29) is 5.91 Å². The van der Waals surface area contributed by atoms with Crippen LogP contribution in [0.25, 0.3) is 11.1 Å². The molecule has 0 bridgehead atoms. The van der Waals surface area contributed by atoms with Crippen molar-refractivity contribution in [1.82, 2.24) is 9.99 Å². The zero-order chi connectivity index (χ0) is 15.0. The number of hydrogen-bond acceptors (Lipinski definition) is 5. The first-order valence-electron chi connectivity index (χ1n) is 6.29. The third kappa shape index (κ3) is 2.37. The van der Waals surface area contributed by atoms with Crippen LogP contribution in [0.2, 0.25) is 0 Å². The predicted octanol–water partition coefficient (Wildman–Crippen LogP) is 1.62. The number of nitrogen functional groups attached to an aromatic ring is 1. The third-order valence-corrected chi connectivity index (χ3v) is 4.37. The molecule has 6 nitrogen and oxygen atoms in total. The molecule has 2 aromatic heterocycles. The predicted molar refractivity (Wildman–Crippen MR) is 80.3 cm³/mol. The summed E-state index contributed by atoms with van der Waals surface area (Å²) in [4.78, 5) is 25.0. The number of amides is 1. The second-order valence-electron chi connectivity index (χ2n) is 4.59. The Morgan fingerprint density at radius 1 is 1.43 bits per heavy atom. The Bertz CT molecular complexity index is 875. The number of para-hydroxylation sites is 2. The molecule has 108 valence electrons. The fraction of sp³-hybridized carbons (Fsp3) is 0.143. The number of carbonyl (C=O) groups is 1. The number of hydrazine groups is 1. The molecule has 3 aromatic rings. The molecule has 7 heteroatoms. The highest BCUT2D eigenvalue weighted by atomic mass is 32.1. The highest BCUT2D eigenvalue weighted by Crippen LogP contribution is 2.23. The Labute approximate surface area is 123 Å². The number of thiophene rings is 1. The average Bonchev–Trinajstić information content (AvgIpc) is 3.00. The molecule has 21 heavy (non-hydrogen) atoms. The first-order chi connectivity index (χ1) is 10.1. The molecular formula is C14H13N3O3S. The fourth-order valence-electron chi connectivity index (χ4n) is 2.19. The van der Waals surface area contributed by atoms with Crippen molar-refractivity contribution in [2.45, 2.75) is 13.5 Å². The van der Waals surface area contributed by atoms with Gasteiger partial charge in [0.2, 0.25) is 0 Å². The molecule has 0 saturated heterocycles. The summed E-state index contributed by atoms with van der Waals surface area (Å²) in [5, 5.41) is 0. The van der Waals surface area contributed by atoms with E-state index >= 15 is 0 Å². The second-order valence-corrected chi connectivity index (χ2v) is 5.84. The van der Waals surface area contributed by atoms with Gasteiger partial charge in [-0.15, -0.1) is 11.3 Å². The second kappa shape index (κ2) is 5.19. The van der Waals surface area contributed by atoms with Gasteiger partial charge < -0.3 is 4.42 Å².